The average Bonchev–Trinajstić information content (AvgIpc) is 2.87. The van der Waals surface area contributed by atoms with Gasteiger partial charge in [-0.25, -0.2) is 0 Å². The van der Waals surface area contributed by atoms with E-state index in [1.807, 2.05) is 19.9 Å². The lowest BCUT2D eigenvalue weighted by Crippen LogP contribution is -2.30. The third-order valence-electron chi connectivity index (χ3n) is 4.65. The molecule has 0 bridgehead atoms. The topological polar surface area (TPSA) is 73.3 Å². The number of aromatic nitrogens is 1. The molecule has 3 aromatic rings. The number of phenolic OH excluding ortho intramolecular Hbond substituents is 2. The van der Waals surface area contributed by atoms with Crippen LogP contribution in [0.4, 0.5) is 0 Å². The van der Waals surface area contributed by atoms with Gasteiger partial charge in [0.1, 0.15) is 0 Å². The second-order valence-corrected chi connectivity index (χ2v) is 6.84. The second kappa shape index (κ2) is 4.30. The van der Waals surface area contributed by atoms with Crippen molar-refractivity contribution in [3.63, 3.8) is 0 Å². The number of aromatic amines is 1. The molecule has 116 valence electrons. The maximum absolute atomic E-state index is 13.0. The van der Waals surface area contributed by atoms with Gasteiger partial charge in [0.25, 0.3) is 0 Å². The van der Waals surface area contributed by atoms with Gasteiger partial charge in [-0.05, 0) is 29.8 Å². The maximum Gasteiger partial charge on any atom is 0.195 e. The first-order valence-corrected chi connectivity index (χ1v) is 7.61. The lowest BCUT2D eigenvalue weighted by molar-refractivity contribution is 0.103. The van der Waals surface area contributed by atoms with Crippen molar-refractivity contribution in [2.45, 2.75) is 19.3 Å². The number of carbonyl (C=O) groups is 1. The summed E-state index contributed by atoms with van der Waals surface area (Å²) in [5.41, 5.74) is 2.76. The number of nitrogens with one attached hydrogen (secondary N) is 1. The SMILES string of the molecule is CC1(C)c2cc(O)c(O)cc2C(=O)c2c1[nH]c1cc(Cl)ccc21. The summed E-state index contributed by atoms with van der Waals surface area (Å²) in [4.78, 5) is 16.3. The van der Waals surface area contributed by atoms with E-state index >= 15 is 0 Å². The van der Waals surface area contributed by atoms with Crippen molar-refractivity contribution < 1.29 is 15.0 Å². The molecule has 4 nitrogen and oxygen atoms in total. The van der Waals surface area contributed by atoms with Crippen LogP contribution in [0.1, 0.15) is 41.0 Å². The summed E-state index contributed by atoms with van der Waals surface area (Å²) in [7, 11) is 0. The maximum atomic E-state index is 13.0. The van der Waals surface area contributed by atoms with Crippen LogP contribution in [0.3, 0.4) is 0 Å². The van der Waals surface area contributed by atoms with Crippen molar-refractivity contribution in [2.75, 3.05) is 0 Å². The largest absolute Gasteiger partial charge is 0.504 e. The van der Waals surface area contributed by atoms with Gasteiger partial charge in [0.15, 0.2) is 17.3 Å². The monoisotopic (exact) mass is 327 g/mol. The van der Waals surface area contributed by atoms with Crippen LogP contribution in [0.5, 0.6) is 11.5 Å². The lowest BCUT2D eigenvalue weighted by atomic mass is 9.71. The number of fused-ring (bicyclic) bond motifs is 4. The zero-order valence-corrected chi connectivity index (χ0v) is 13.3. The van der Waals surface area contributed by atoms with Gasteiger partial charge in [-0.1, -0.05) is 31.5 Å². The summed E-state index contributed by atoms with van der Waals surface area (Å²) in [5.74, 6) is -0.690. The molecule has 2 aromatic carbocycles. The van der Waals surface area contributed by atoms with Gasteiger partial charge in [-0.3, -0.25) is 4.79 Å². The first-order valence-electron chi connectivity index (χ1n) is 7.23. The zero-order chi connectivity index (χ0) is 16.5. The highest BCUT2D eigenvalue weighted by molar-refractivity contribution is 6.31. The molecule has 1 aliphatic rings. The standard InChI is InChI=1S/C18H14ClNO3/c1-18(2)11-7-14(22)13(21)6-10(11)16(23)15-9-4-3-8(19)5-12(9)20-17(15)18/h3-7,20-22H,1-2H3. The van der Waals surface area contributed by atoms with E-state index in [1.165, 1.54) is 12.1 Å². The van der Waals surface area contributed by atoms with Crippen molar-refractivity contribution in [1.29, 1.82) is 0 Å². The Balaban J connectivity index is 2.12. The Labute approximate surface area is 137 Å². The summed E-state index contributed by atoms with van der Waals surface area (Å²) in [6.07, 6.45) is 0. The summed E-state index contributed by atoms with van der Waals surface area (Å²) < 4.78 is 0. The quantitative estimate of drug-likeness (QED) is 0.544. The molecule has 1 aromatic heterocycles. The van der Waals surface area contributed by atoms with E-state index < -0.39 is 5.41 Å². The van der Waals surface area contributed by atoms with Crippen LogP contribution in [-0.2, 0) is 5.41 Å². The van der Waals surface area contributed by atoms with Crippen LogP contribution in [0.15, 0.2) is 30.3 Å². The van der Waals surface area contributed by atoms with Gasteiger partial charge in [0.2, 0.25) is 0 Å². The fourth-order valence-electron chi connectivity index (χ4n) is 3.43. The van der Waals surface area contributed by atoms with Crippen molar-refractivity contribution in [3.05, 3.63) is 57.7 Å². The van der Waals surface area contributed by atoms with Gasteiger partial charge in [0.05, 0.1) is 5.56 Å². The predicted octanol–water partition coefficient (Wildman–Crippen LogP) is 4.10. The minimum absolute atomic E-state index is 0.168. The molecular weight excluding hydrogens is 314 g/mol. The van der Waals surface area contributed by atoms with Crippen molar-refractivity contribution in [3.8, 4) is 11.5 Å². The van der Waals surface area contributed by atoms with Crippen LogP contribution in [0.25, 0.3) is 10.9 Å². The number of carbonyl (C=O) groups excluding carboxylic acids is 1. The van der Waals surface area contributed by atoms with Crippen LogP contribution in [-0.4, -0.2) is 21.0 Å². The van der Waals surface area contributed by atoms with Gasteiger partial charge in [-0.2, -0.15) is 0 Å². The summed E-state index contributed by atoms with van der Waals surface area (Å²) in [6, 6.07) is 8.17. The fraction of sp³-hybridized carbons (Fsp3) is 0.167. The smallest absolute Gasteiger partial charge is 0.195 e. The first-order chi connectivity index (χ1) is 10.8. The van der Waals surface area contributed by atoms with E-state index in [2.05, 4.69) is 4.98 Å². The number of ketones is 1. The molecule has 0 amide bonds. The first kappa shape index (κ1) is 14.2. The molecule has 5 heteroatoms. The molecule has 0 radical (unpaired) electrons. The van der Waals surface area contributed by atoms with Gasteiger partial charge in [0, 0.05) is 32.6 Å². The molecule has 0 saturated heterocycles. The van der Waals surface area contributed by atoms with Gasteiger partial charge in [-0.15, -0.1) is 0 Å². The van der Waals surface area contributed by atoms with Crippen molar-refractivity contribution >= 4 is 28.3 Å². The van der Waals surface area contributed by atoms with E-state index in [0.29, 0.717) is 21.7 Å². The number of benzene rings is 2. The molecule has 0 fully saturated rings. The van der Waals surface area contributed by atoms with Crippen LogP contribution < -0.4 is 0 Å². The number of H-pyrrole nitrogens is 1. The van der Waals surface area contributed by atoms with Crippen LogP contribution in [0.2, 0.25) is 5.02 Å². The average molecular weight is 328 g/mol. The highest BCUT2D eigenvalue weighted by Crippen LogP contribution is 2.46. The summed E-state index contributed by atoms with van der Waals surface area (Å²) in [5, 5.41) is 21.0. The number of rotatable bonds is 0. The summed E-state index contributed by atoms with van der Waals surface area (Å²) in [6.45, 7) is 3.95. The molecule has 0 saturated carbocycles. The Kier molecular flexibility index (Phi) is 2.64. The third kappa shape index (κ3) is 1.75. The number of phenols is 2. The minimum atomic E-state index is -0.519. The van der Waals surface area contributed by atoms with Gasteiger partial charge >= 0.3 is 0 Å². The Morgan fingerprint density at radius 1 is 1.09 bits per heavy atom. The number of aromatic hydroxyl groups is 2. The molecule has 0 spiro atoms. The molecule has 1 aliphatic carbocycles. The molecule has 0 unspecified atom stereocenters. The second-order valence-electron chi connectivity index (χ2n) is 6.41. The Hall–Kier alpha value is -2.46. The van der Waals surface area contributed by atoms with Crippen molar-refractivity contribution in [1.82, 2.24) is 4.98 Å². The molecule has 0 atom stereocenters. The van der Waals surface area contributed by atoms with Crippen molar-refractivity contribution in [2.24, 2.45) is 0 Å². The van der Waals surface area contributed by atoms with E-state index in [-0.39, 0.29) is 17.3 Å². The normalized spacial score (nSPS) is 15.5. The number of halogens is 1. The van der Waals surface area contributed by atoms with Crippen LogP contribution in [0, 0.1) is 0 Å². The molecule has 4 rings (SSSR count). The Morgan fingerprint density at radius 2 is 1.78 bits per heavy atom. The lowest BCUT2D eigenvalue weighted by Gasteiger charge is -2.32. The predicted molar refractivity (Wildman–Crippen MR) is 88.6 cm³/mol. The Morgan fingerprint density at radius 3 is 2.52 bits per heavy atom. The van der Waals surface area contributed by atoms with Gasteiger partial charge < -0.3 is 15.2 Å². The molecule has 23 heavy (non-hydrogen) atoms. The zero-order valence-electron chi connectivity index (χ0n) is 12.6. The molecular formula is C18H14ClNO3. The number of hydrogen-bond donors (Lipinski definition) is 3. The molecule has 3 N–H and O–H groups in total. The van der Waals surface area contributed by atoms with E-state index in [4.69, 9.17) is 11.6 Å². The molecule has 1 heterocycles. The molecule has 0 aliphatic heterocycles. The fourth-order valence-corrected chi connectivity index (χ4v) is 3.60. The highest BCUT2D eigenvalue weighted by atomic mass is 35.5. The minimum Gasteiger partial charge on any atom is -0.504 e. The number of hydrogen-bond acceptors (Lipinski definition) is 3. The van der Waals surface area contributed by atoms with Crippen LogP contribution >= 0.6 is 11.6 Å². The third-order valence-corrected chi connectivity index (χ3v) is 4.88. The van der Waals surface area contributed by atoms with E-state index in [9.17, 15) is 15.0 Å². The van der Waals surface area contributed by atoms with E-state index in [1.54, 1.807) is 12.1 Å². The summed E-state index contributed by atoms with van der Waals surface area (Å²) >= 11 is 6.05. The Bertz CT molecular complexity index is 1000. The van der Waals surface area contributed by atoms with E-state index in [0.717, 1.165) is 16.6 Å². The highest BCUT2D eigenvalue weighted by Gasteiger charge is 2.40.